The highest BCUT2D eigenvalue weighted by molar-refractivity contribution is 5.22. The second kappa shape index (κ2) is 6.04. The van der Waals surface area contributed by atoms with E-state index < -0.39 is 0 Å². The smallest absolute Gasteiger partial charge is 0.0681 e. The number of benzene rings is 1. The molecule has 0 spiro atoms. The van der Waals surface area contributed by atoms with Gasteiger partial charge in [-0.05, 0) is 43.4 Å². The maximum absolute atomic E-state index is 9.79. The Hall–Kier alpha value is -0.900. The van der Waals surface area contributed by atoms with Gasteiger partial charge in [-0.15, -0.1) is 0 Å². The Morgan fingerprint density at radius 3 is 2.32 bits per heavy atom. The highest BCUT2D eigenvalue weighted by Gasteiger charge is 2.40. The molecule has 1 aromatic carbocycles. The van der Waals surface area contributed by atoms with Crippen LogP contribution in [-0.2, 0) is 13.2 Å². The second-order valence-corrected chi connectivity index (χ2v) is 6.06. The van der Waals surface area contributed by atoms with Crippen molar-refractivity contribution in [1.82, 2.24) is 4.90 Å². The van der Waals surface area contributed by atoms with Crippen molar-refractivity contribution in [2.45, 2.75) is 44.9 Å². The zero-order chi connectivity index (χ0) is 13.9. The first-order valence-corrected chi connectivity index (χ1v) is 7.10. The topological polar surface area (TPSA) is 43.7 Å². The van der Waals surface area contributed by atoms with Gasteiger partial charge >= 0.3 is 0 Å². The van der Waals surface area contributed by atoms with E-state index in [4.69, 9.17) is 5.11 Å². The average Bonchev–Trinajstić information content (AvgIpc) is 2.82. The summed E-state index contributed by atoms with van der Waals surface area (Å²) in [5, 5.41) is 18.8. The highest BCUT2D eigenvalue weighted by Crippen LogP contribution is 2.38. The monoisotopic (exact) mass is 263 g/mol. The van der Waals surface area contributed by atoms with Crippen molar-refractivity contribution in [3.63, 3.8) is 0 Å². The first-order chi connectivity index (χ1) is 9.09. The van der Waals surface area contributed by atoms with Gasteiger partial charge in [-0.3, -0.25) is 4.90 Å². The lowest BCUT2D eigenvalue weighted by atomic mass is 9.94. The molecular weight excluding hydrogens is 238 g/mol. The molecule has 0 bridgehead atoms. The van der Waals surface area contributed by atoms with Crippen molar-refractivity contribution < 1.29 is 10.2 Å². The first-order valence-electron chi connectivity index (χ1n) is 7.10. The molecule has 2 atom stereocenters. The van der Waals surface area contributed by atoms with Gasteiger partial charge in [-0.25, -0.2) is 0 Å². The summed E-state index contributed by atoms with van der Waals surface area (Å²) in [5.74, 6) is 0.700. The molecule has 1 aromatic rings. The first kappa shape index (κ1) is 14.5. The molecule has 1 saturated carbocycles. The van der Waals surface area contributed by atoms with E-state index >= 15 is 0 Å². The molecule has 0 amide bonds. The summed E-state index contributed by atoms with van der Waals surface area (Å²) in [7, 11) is 2.11. The normalized spacial score (nSPS) is 27.1. The Morgan fingerprint density at radius 2 is 1.84 bits per heavy atom. The number of likely N-dealkylation sites (N-methyl/N-ethyl adjacent to an activating group) is 1. The van der Waals surface area contributed by atoms with E-state index in [1.165, 1.54) is 12.0 Å². The van der Waals surface area contributed by atoms with Gasteiger partial charge in [0, 0.05) is 12.1 Å². The zero-order valence-electron chi connectivity index (χ0n) is 12.0. The Kier molecular flexibility index (Phi) is 4.61. The standard InChI is InChI=1S/C16H25NO2/c1-13-7-8-16(9-13,12-19)17(2)10-14-3-5-15(11-18)6-4-14/h3-6,13,18-19H,7-12H2,1-2H3/t13-,16+/m1/s1. The van der Waals surface area contributed by atoms with Crippen molar-refractivity contribution in [2.75, 3.05) is 13.7 Å². The lowest BCUT2D eigenvalue weighted by Crippen LogP contribution is -2.47. The van der Waals surface area contributed by atoms with E-state index in [0.717, 1.165) is 24.9 Å². The van der Waals surface area contributed by atoms with Crippen LogP contribution in [0.1, 0.15) is 37.3 Å². The maximum atomic E-state index is 9.79. The van der Waals surface area contributed by atoms with Crippen LogP contribution in [0.5, 0.6) is 0 Å². The summed E-state index contributed by atoms with van der Waals surface area (Å²) in [6, 6.07) is 8.05. The van der Waals surface area contributed by atoms with E-state index in [9.17, 15) is 5.11 Å². The van der Waals surface area contributed by atoms with Gasteiger partial charge in [0.05, 0.1) is 13.2 Å². The van der Waals surface area contributed by atoms with Crippen LogP contribution in [0.4, 0.5) is 0 Å². The number of hydrogen-bond acceptors (Lipinski definition) is 3. The van der Waals surface area contributed by atoms with Gasteiger partial charge in [-0.1, -0.05) is 31.2 Å². The van der Waals surface area contributed by atoms with Crippen molar-refractivity contribution >= 4 is 0 Å². The molecule has 2 N–H and O–H groups in total. The number of nitrogens with zero attached hydrogens (tertiary/aromatic N) is 1. The Labute approximate surface area is 115 Å². The summed E-state index contributed by atoms with van der Waals surface area (Å²) in [4.78, 5) is 2.30. The van der Waals surface area contributed by atoms with Crippen LogP contribution < -0.4 is 0 Å². The molecule has 2 rings (SSSR count). The largest absolute Gasteiger partial charge is 0.394 e. The van der Waals surface area contributed by atoms with Crippen LogP contribution in [0, 0.1) is 5.92 Å². The molecule has 106 valence electrons. The Morgan fingerprint density at radius 1 is 1.21 bits per heavy atom. The minimum atomic E-state index is -0.0466. The Bertz CT molecular complexity index is 404. The SMILES string of the molecule is C[C@@H]1CC[C@](CO)(N(C)Cc2ccc(CO)cc2)C1. The molecule has 1 aliphatic carbocycles. The van der Waals surface area contributed by atoms with Gasteiger partial charge < -0.3 is 10.2 Å². The van der Waals surface area contributed by atoms with Gasteiger partial charge in [0.25, 0.3) is 0 Å². The summed E-state index contributed by atoms with van der Waals surface area (Å²) < 4.78 is 0. The van der Waals surface area contributed by atoms with Gasteiger partial charge in [0.2, 0.25) is 0 Å². The molecule has 3 heteroatoms. The quantitative estimate of drug-likeness (QED) is 0.855. The van der Waals surface area contributed by atoms with Gasteiger partial charge in [-0.2, -0.15) is 0 Å². The number of rotatable bonds is 5. The molecular formula is C16H25NO2. The highest BCUT2D eigenvalue weighted by atomic mass is 16.3. The molecule has 0 radical (unpaired) electrons. The molecule has 0 unspecified atom stereocenters. The van der Waals surface area contributed by atoms with Crippen LogP contribution in [-0.4, -0.2) is 34.3 Å². The van der Waals surface area contributed by atoms with Crippen molar-refractivity contribution in [3.8, 4) is 0 Å². The predicted octanol–water partition coefficient (Wildman–Crippen LogP) is 2.16. The summed E-state index contributed by atoms with van der Waals surface area (Å²) in [5.41, 5.74) is 2.12. The van der Waals surface area contributed by atoms with Crippen LogP contribution >= 0.6 is 0 Å². The third kappa shape index (κ3) is 3.16. The molecule has 0 saturated heterocycles. The van der Waals surface area contributed by atoms with Gasteiger partial charge in [0.15, 0.2) is 0 Å². The fourth-order valence-corrected chi connectivity index (χ4v) is 3.17. The van der Waals surface area contributed by atoms with E-state index in [-0.39, 0.29) is 18.8 Å². The second-order valence-electron chi connectivity index (χ2n) is 6.06. The molecule has 1 fully saturated rings. The fourth-order valence-electron chi connectivity index (χ4n) is 3.17. The van der Waals surface area contributed by atoms with Crippen molar-refractivity contribution in [3.05, 3.63) is 35.4 Å². The van der Waals surface area contributed by atoms with E-state index in [1.54, 1.807) is 0 Å². The van der Waals surface area contributed by atoms with Crippen molar-refractivity contribution in [1.29, 1.82) is 0 Å². The molecule has 0 heterocycles. The van der Waals surface area contributed by atoms with Gasteiger partial charge in [0.1, 0.15) is 0 Å². The number of aliphatic hydroxyl groups is 2. The number of aliphatic hydroxyl groups excluding tert-OH is 2. The lowest BCUT2D eigenvalue weighted by Gasteiger charge is -2.37. The molecule has 1 aliphatic rings. The molecule has 0 aliphatic heterocycles. The zero-order valence-corrected chi connectivity index (χ0v) is 12.0. The van der Waals surface area contributed by atoms with Crippen LogP contribution in [0.15, 0.2) is 24.3 Å². The van der Waals surface area contributed by atoms with E-state index in [2.05, 4.69) is 31.0 Å². The third-order valence-corrected chi connectivity index (χ3v) is 4.56. The molecule has 19 heavy (non-hydrogen) atoms. The summed E-state index contributed by atoms with van der Waals surface area (Å²) in [6.45, 7) is 3.44. The van der Waals surface area contributed by atoms with Crippen molar-refractivity contribution in [2.24, 2.45) is 5.92 Å². The van der Waals surface area contributed by atoms with Crippen LogP contribution in [0.25, 0.3) is 0 Å². The minimum Gasteiger partial charge on any atom is -0.394 e. The molecule has 3 nitrogen and oxygen atoms in total. The predicted molar refractivity (Wildman–Crippen MR) is 76.7 cm³/mol. The lowest BCUT2D eigenvalue weighted by molar-refractivity contribution is 0.0457. The summed E-state index contributed by atoms with van der Waals surface area (Å²) >= 11 is 0. The fraction of sp³-hybridized carbons (Fsp3) is 0.625. The van der Waals surface area contributed by atoms with Crippen LogP contribution in [0.2, 0.25) is 0 Å². The average molecular weight is 263 g/mol. The minimum absolute atomic E-state index is 0.0466. The van der Waals surface area contributed by atoms with E-state index in [1.807, 2.05) is 12.1 Å². The maximum Gasteiger partial charge on any atom is 0.0681 e. The third-order valence-electron chi connectivity index (χ3n) is 4.56. The van der Waals surface area contributed by atoms with E-state index in [0.29, 0.717) is 5.92 Å². The van der Waals surface area contributed by atoms with Crippen LogP contribution in [0.3, 0.4) is 0 Å². The number of hydrogen-bond donors (Lipinski definition) is 2. The summed E-state index contributed by atoms with van der Waals surface area (Å²) in [6.07, 6.45) is 3.36. The molecule has 0 aromatic heterocycles. The Balaban J connectivity index is 2.04.